The zero-order chi connectivity index (χ0) is 14.8. The van der Waals surface area contributed by atoms with Gasteiger partial charge in [-0.05, 0) is 47.9 Å². The van der Waals surface area contributed by atoms with Crippen LogP contribution in [0.3, 0.4) is 0 Å². The summed E-state index contributed by atoms with van der Waals surface area (Å²) in [5.74, 6) is 0. The minimum absolute atomic E-state index is 0.163. The van der Waals surface area contributed by atoms with Gasteiger partial charge in [-0.2, -0.15) is 0 Å². The fourth-order valence-electron chi connectivity index (χ4n) is 2.45. The monoisotopic (exact) mass is 296 g/mol. The van der Waals surface area contributed by atoms with Gasteiger partial charge in [-0.25, -0.2) is 4.98 Å². The van der Waals surface area contributed by atoms with Crippen molar-refractivity contribution < 1.29 is 0 Å². The van der Waals surface area contributed by atoms with Crippen LogP contribution in [0.1, 0.15) is 24.1 Å². The lowest BCUT2D eigenvalue weighted by Gasteiger charge is -2.17. The molecular weight excluding hydrogens is 280 g/mol. The molecule has 1 N–H and O–H groups in total. The molecule has 106 valence electrons. The maximum atomic E-state index is 6.15. The molecule has 2 aromatic carbocycles. The number of anilines is 1. The van der Waals surface area contributed by atoms with Crippen molar-refractivity contribution in [2.45, 2.75) is 19.9 Å². The van der Waals surface area contributed by atoms with Crippen molar-refractivity contribution in [2.24, 2.45) is 0 Å². The van der Waals surface area contributed by atoms with Crippen molar-refractivity contribution in [3.05, 3.63) is 71.0 Å². The molecule has 0 saturated carbocycles. The Hall–Kier alpha value is -2.06. The van der Waals surface area contributed by atoms with Gasteiger partial charge < -0.3 is 5.32 Å². The summed E-state index contributed by atoms with van der Waals surface area (Å²) in [6, 6.07) is 17.1. The topological polar surface area (TPSA) is 24.9 Å². The van der Waals surface area contributed by atoms with Crippen LogP contribution in [0.25, 0.3) is 10.8 Å². The molecule has 2 nitrogen and oxygen atoms in total. The van der Waals surface area contributed by atoms with Crippen LogP contribution in [-0.4, -0.2) is 4.98 Å². The second kappa shape index (κ2) is 5.74. The third-order valence-corrected chi connectivity index (χ3v) is 3.92. The largest absolute Gasteiger partial charge is 0.376 e. The van der Waals surface area contributed by atoms with Crippen LogP contribution in [0.5, 0.6) is 0 Å². The van der Waals surface area contributed by atoms with E-state index in [9.17, 15) is 0 Å². The van der Waals surface area contributed by atoms with Crippen molar-refractivity contribution in [3.63, 3.8) is 0 Å². The van der Waals surface area contributed by atoms with E-state index in [1.165, 1.54) is 16.3 Å². The minimum Gasteiger partial charge on any atom is -0.376 e. The maximum absolute atomic E-state index is 6.15. The van der Waals surface area contributed by atoms with Crippen LogP contribution < -0.4 is 5.32 Å². The normalized spacial score (nSPS) is 12.3. The van der Waals surface area contributed by atoms with Crippen molar-refractivity contribution >= 4 is 28.1 Å². The summed E-state index contributed by atoms with van der Waals surface area (Å²) in [7, 11) is 0. The van der Waals surface area contributed by atoms with Gasteiger partial charge in [0.15, 0.2) is 5.15 Å². The summed E-state index contributed by atoms with van der Waals surface area (Å²) in [6.07, 6.45) is 1.77. The maximum Gasteiger partial charge on any atom is 0.152 e. The first kappa shape index (κ1) is 13.9. The summed E-state index contributed by atoms with van der Waals surface area (Å²) in [6.45, 7) is 4.14. The van der Waals surface area contributed by atoms with E-state index >= 15 is 0 Å². The van der Waals surface area contributed by atoms with E-state index in [2.05, 4.69) is 59.7 Å². The number of nitrogens with zero attached hydrogens (tertiary/aromatic N) is 1. The van der Waals surface area contributed by atoms with E-state index in [0.29, 0.717) is 5.15 Å². The number of hydrogen-bond acceptors (Lipinski definition) is 2. The third-order valence-electron chi connectivity index (χ3n) is 3.62. The predicted molar refractivity (Wildman–Crippen MR) is 90.0 cm³/mol. The van der Waals surface area contributed by atoms with E-state index in [-0.39, 0.29) is 6.04 Å². The van der Waals surface area contributed by atoms with Crippen LogP contribution in [0.2, 0.25) is 5.15 Å². The van der Waals surface area contributed by atoms with Crippen molar-refractivity contribution in [1.29, 1.82) is 0 Å². The molecule has 1 atom stereocenters. The Balaban J connectivity index is 1.89. The summed E-state index contributed by atoms with van der Waals surface area (Å²) >= 11 is 6.15. The SMILES string of the molecule is Cc1cnc(Cl)c(NC(C)c2ccc3ccccc3c2)c1. The summed E-state index contributed by atoms with van der Waals surface area (Å²) in [4.78, 5) is 4.18. The number of hydrogen-bond donors (Lipinski definition) is 1. The lowest BCUT2D eigenvalue weighted by atomic mass is 10.0. The van der Waals surface area contributed by atoms with Crippen LogP contribution in [0.15, 0.2) is 54.7 Å². The second-order valence-corrected chi connectivity index (χ2v) is 5.68. The van der Waals surface area contributed by atoms with Gasteiger partial charge >= 0.3 is 0 Å². The third kappa shape index (κ3) is 3.01. The Kier molecular flexibility index (Phi) is 3.80. The first-order chi connectivity index (χ1) is 10.1. The molecule has 0 saturated heterocycles. The Morgan fingerprint density at radius 1 is 1.05 bits per heavy atom. The van der Waals surface area contributed by atoms with Gasteiger partial charge in [0.1, 0.15) is 0 Å². The molecule has 3 heteroatoms. The first-order valence-electron chi connectivity index (χ1n) is 7.01. The first-order valence-corrected chi connectivity index (χ1v) is 7.38. The molecule has 0 amide bonds. The minimum atomic E-state index is 0.163. The van der Waals surface area contributed by atoms with Gasteiger partial charge in [-0.15, -0.1) is 0 Å². The van der Waals surface area contributed by atoms with E-state index in [4.69, 9.17) is 11.6 Å². The van der Waals surface area contributed by atoms with Crippen molar-refractivity contribution in [1.82, 2.24) is 4.98 Å². The standard InChI is InChI=1S/C18H17ClN2/c1-12-9-17(18(19)20-11-12)21-13(2)15-8-7-14-5-3-4-6-16(14)10-15/h3-11,13,21H,1-2H3. The Labute approximate surface area is 129 Å². The van der Waals surface area contributed by atoms with Crippen molar-refractivity contribution in [2.75, 3.05) is 5.32 Å². The Morgan fingerprint density at radius 3 is 2.62 bits per heavy atom. The molecule has 1 aromatic heterocycles. The molecular formula is C18H17ClN2. The molecule has 0 aliphatic heterocycles. The number of aryl methyl sites for hydroxylation is 1. The van der Waals surface area contributed by atoms with E-state index in [1.54, 1.807) is 6.20 Å². The van der Waals surface area contributed by atoms with Crippen LogP contribution in [0.4, 0.5) is 5.69 Å². The number of nitrogens with one attached hydrogen (secondary N) is 1. The van der Waals surface area contributed by atoms with Crippen LogP contribution in [-0.2, 0) is 0 Å². The van der Waals surface area contributed by atoms with Crippen molar-refractivity contribution in [3.8, 4) is 0 Å². The average Bonchev–Trinajstić information content (AvgIpc) is 2.50. The van der Waals surface area contributed by atoms with Crippen LogP contribution in [0, 0.1) is 6.92 Å². The molecule has 1 unspecified atom stereocenters. The van der Waals surface area contributed by atoms with Gasteiger partial charge in [-0.1, -0.05) is 48.0 Å². The highest BCUT2D eigenvalue weighted by atomic mass is 35.5. The lowest BCUT2D eigenvalue weighted by molar-refractivity contribution is 0.884. The highest BCUT2D eigenvalue weighted by Crippen LogP contribution is 2.27. The summed E-state index contributed by atoms with van der Waals surface area (Å²) in [5.41, 5.74) is 3.19. The quantitative estimate of drug-likeness (QED) is 0.657. The van der Waals surface area contributed by atoms with Gasteiger partial charge in [0, 0.05) is 12.2 Å². The van der Waals surface area contributed by atoms with Gasteiger partial charge in [0.2, 0.25) is 0 Å². The van der Waals surface area contributed by atoms with Gasteiger partial charge in [0.25, 0.3) is 0 Å². The summed E-state index contributed by atoms with van der Waals surface area (Å²) < 4.78 is 0. The second-order valence-electron chi connectivity index (χ2n) is 5.32. The number of fused-ring (bicyclic) bond motifs is 1. The molecule has 3 aromatic rings. The fraction of sp³-hybridized carbons (Fsp3) is 0.167. The van der Waals surface area contributed by atoms with E-state index in [1.807, 2.05) is 13.0 Å². The smallest absolute Gasteiger partial charge is 0.152 e. The zero-order valence-corrected chi connectivity index (χ0v) is 12.9. The lowest BCUT2D eigenvalue weighted by Crippen LogP contribution is -2.07. The molecule has 0 radical (unpaired) electrons. The number of pyridine rings is 1. The molecule has 0 aliphatic rings. The number of rotatable bonds is 3. The summed E-state index contributed by atoms with van der Waals surface area (Å²) in [5, 5.41) is 6.45. The molecule has 3 rings (SSSR count). The number of aromatic nitrogens is 1. The van der Waals surface area contributed by atoms with Crippen LogP contribution >= 0.6 is 11.6 Å². The van der Waals surface area contributed by atoms with Gasteiger partial charge in [-0.3, -0.25) is 0 Å². The Bertz CT molecular complexity index is 783. The number of benzene rings is 2. The molecule has 1 heterocycles. The molecule has 0 spiro atoms. The molecule has 0 bridgehead atoms. The van der Waals surface area contributed by atoms with E-state index in [0.717, 1.165) is 11.3 Å². The van der Waals surface area contributed by atoms with Gasteiger partial charge in [0.05, 0.1) is 5.69 Å². The predicted octanol–water partition coefficient (Wildman–Crippen LogP) is 5.37. The Morgan fingerprint density at radius 2 is 1.81 bits per heavy atom. The molecule has 0 fully saturated rings. The zero-order valence-electron chi connectivity index (χ0n) is 12.1. The fourth-order valence-corrected chi connectivity index (χ4v) is 2.61. The molecule has 21 heavy (non-hydrogen) atoms. The van der Waals surface area contributed by atoms with E-state index < -0.39 is 0 Å². The average molecular weight is 297 g/mol. The molecule has 0 aliphatic carbocycles. The number of halogens is 1. The highest BCUT2D eigenvalue weighted by molar-refractivity contribution is 6.32. The highest BCUT2D eigenvalue weighted by Gasteiger charge is 2.09.